The van der Waals surface area contributed by atoms with E-state index in [2.05, 4.69) is 20.0 Å². The Morgan fingerprint density at radius 2 is 2.16 bits per heavy atom. The zero-order valence-corrected chi connectivity index (χ0v) is 12.0. The molecule has 9 heteroatoms. The van der Waals surface area contributed by atoms with Crippen molar-refractivity contribution in [2.45, 2.75) is 6.42 Å². The fourth-order valence-corrected chi connectivity index (χ4v) is 2.85. The number of fused-ring (bicyclic) bond motifs is 1. The number of nitrogens with zero attached hydrogens (tertiary/aromatic N) is 2. The first-order valence-corrected chi connectivity index (χ1v) is 8.42. The van der Waals surface area contributed by atoms with Crippen molar-refractivity contribution in [3.05, 3.63) is 11.4 Å². The lowest BCUT2D eigenvalue weighted by Gasteiger charge is -2.07. The summed E-state index contributed by atoms with van der Waals surface area (Å²) in [6, 6.07) is 1.93. The Labute approximate surface area is 115 Å². The average molecular weight is 301 g/mol. The molecule has 0 aliphatic rings. The van der Waals surface area contributed by atoms with Crippen LogP contribution in [0, 0.1) is 0 Å². The van der Waals surface area contributed by atoms with Crippen molar-refractivity contribution in [1.82, 2.24) is 14.7 Å². The second-order valence-corrected chi connectivity index (χ2v) is 6.74. The fraction of sp³-hybridized carbons (Fsp3) is 0.400. The van der Waals surface area contributed by atoms with Crippen LogP contribution in [0.1, 0.15) is 6.42 Å². The molecule has 7 nitrogen and oxygen atoms in total. The van der Waals surface area contributed by atoms with Gasteiger partial charge in [0.15, 0.2) is 0 Å². The van der Waals surface area contributed by atoms with E-state index in [-0.39, 0.29) is 5.95 Å². The number of sulfonamides is 1. The predicted octanol–water partition coefficient (Wildman–Crippen LogP) is 0.625. The van der Waals surface area contributed by atoms with Crippen LogP contribution >= 0.6 is 11.3 Å². The second kappa shape index (κ2) is 5.68. The molecule has 4 N–H and O–H groups in total. The van der Waals surface area contributed by atoms with Gasteiger partial charge >= 0.3 is 0 Å². The normalized spacial score (nSPS) is 11.8. The summed E-state index contributed by atoms with van der Waals surface area (Å²) in [5.74, 6) is 0.912. The molecule has 0 bridgehead atoms. The van der Waals surface area contributed by atoms with Crippen LogP contribution in [0.15, 0.2) is 11.4 Å². The molecular formula is C10H15N5O2S2. The minimum absolute atomic E-state index is 0.228. The first-order valence-electron chi connectivity index (χ1n) is 5.65. The summed E-state index contributed by atoms with van der Waals surface area (Å²) in [6.45, 7) is 0.989. The highest BCUT2D eigenvalue weighted by Crippen LogP contribution is 2.25. The van der Waals surface area contributed by atoms with Crippen molar-refractivity contribution in [3.63, 3.8) is 0 Å². The maximum atomic E-state index is 10.9. The van der Waals surface area contributed by atoms with Gasteiger partial charge in [0.2, 0.25) is 16.0 Å². The number of hydrogen-bond donors (Lipinski definition) is 3. The lowest BCUT2D eigenvalue weighted by Crippen LogP contribution is -2.24. The van der Waals surface area contributed by atoms with E-state index in [0.717, 1.165) is 16.5 Å². The molecule has 2 rings (SSSR count). The molecule has 19 heavy (non-hydrogen) atoms. The summed E-state index contributed by atoms with van der Waals surface area (Å²) in [4.78, 5) is 9.11. The Hall–Kier alpha value is -1.45. The Kier molecular flexibility index (Phi) is 4.17. The number of rotatable bonds is 6. The SMILES string of the molecule is CS(=O)(=O)NCCCNc1nc(N)nc2sccc12. The summed E-state index contributed by atoms with van der Waals surface area (Å²) < 4.78 is 24.2. The van der Waals surface area contributed by atoms with E-state index >= 15 is 0 Å². The van der Waals surface area contributed by atoms with E-state index in [9.17, 15) is 8.42 Å². The van der Waals surface area contributed by atoms with E-state index in [4.69, 9.17) is 5.73 Å². The lowest BCUT2D eigenvalue weighted by molar-refractivity contribution is 0.586. The average Bonchev–Trinajstić information content (AvgIpc) is 2.74. The number of nitrogens with two attached hydrogens (primary N) is 1. The predicted molar refractivity (Wildman–Crippen MR) is 77.8 cm³/mol. The van der Waals surface area contributed by atoms with Gasteiger partial charge < -0.3 is 11.1 Å². The molecule has 0 atom stereocenters. The van der Waals surface area contributed by atoms with Crippen molar-refractivity contribution in [3.8, 4) is 0 Å². The molecule has 0 saturated carbocycles. The minimum atomic E-state index is -3.12. The van der Waals surface area contributed by atoms with Gasteiger partial charge in [-0.05, 0) is 17.9 Å². The molecule has 0 spiro atoms. The molecule has 2 aromatic rings. The van der Waals surface area contributed by atoms with Gasteiger partial charge in [-0.15, -0.1) is 11.3 Å². The number of thiophene rings is 1. The highest BCUT2D eigenvalue weighted by atomic mass is 32.2. The van der Waals surface area contributed by atoms with Crippen LogP contribution in [0.25, 0.3) is 10.2 Å². The number of aromatic nitrogens is 2. The molecule has 0 aromatic carbocycles. The van der Waals surface area contributed by atoms with E-state index < -0.39 is 10.0 Å². The van der Waals surface area contributed by atoms with Crippen LogP contribution in [0.5, 0.6) is 0 Å². The maximum Gasteiger partial charge on any atom is 0.223 e. The quantitative estimate of drug-likeness (QED) is 0.675. The minimum Gasteiger partial charge on any atom is -0.369 e. The number of hydrogen-bond acceptors (Lipinski definition) is 7. The Balaban J connectivity index is 1.93. The van der Waals surface area contributed by atoms with Crippen LogP contribution in [0.3, 0.4) is 0 Å². The van der Waals surface area contributed by atoms with Crippen molar-refractivity contribution in [1.29, 1.82) is 0 Å². The summed E-state index contributed by atoms with van der Waals surface area (Å²) in [6.07, 6.45) is 1.79. The zero-order chi connectivity index (χ0) is 13.9. The third kappa shape index (κ3) is 4.01. The van der Waals surface area contributed by atoms with Crippen LogP contribution in [0.2, 0.25) is 0 Å². The van der Waals surface area contributed by atoms with Crippen LogP contribution in [0.4, 0.5) is 11.8 Å². The Bertz CT molecular complexity index is 668. The lowest BCUT2D eigenvalue weighted by atomic mass is 10.3. The van der Waals surface area contributed by atoms with Crippen molar-refractivity contribution < 1.29 is 8.42 Å². The van der Waals surface area contributed by atoms with E-state index in [1.54, 1.807) is 0 Å². The maximum absolute atomic E-state index is 10.9. The third-order valence-electron chi connectivity index (χ3n) is 2.35. The van der Waals surface area contributed by atoms with Crippen molar-refractivity contribution >= 4 is 43.3 Å². The van der Waals surface area contributed by atoms with Gasteiger partial charge in [0.1, 0.15) is 10.6 Å². The smallest absolute Gasteiger partial charge is 0.223 e. The molecule has 2 heterocycles. The molecule has 0 saturated heterocycles. The largest absolute Gasteiger partial charge is 0.369 e. The van der Waals surface area contributed by atoms with Gasteiger partial charge in [0, 0.05) is 13.1 Å². The molecule has 0 aliphatic heterocycles. The molecule has 0 aliphatic carbocycles. The number of anilines is 2. The summed E-state index contributed by atoms with van der Waals surface area (Å²) in [5.41, 5.74) is 5.62. The van der Waals surface area contributed by atoms with Crippen molar-refractivity contribution in [2.75, 3.05) is 30.4 Å². The fourth-order valence-electron chi connectivity index (χ4n) is 1.56. The van der Waals surface area contributed by atoms with Gasteiger partial charge in [-0.1, -0.05) is 0 Å². The Morgan fingerprint density at radius 3 is 2.89 bits per heavy atom. The molecule has 104 valence electrons. The highest BCUT2D eigenvalue weighted by Gasteiger charge is 2.06. The van der Waals surface area contributed by atoms with Gasteiger partial charge in [-0.25, -0.2) is 18.1 Å². The van der Waals surface area contributed by atoms with Crippen LogP contribution in [-0.4, -0.2) is 37.7 Å². The third-order valence-corrected chi connectivity index (χ3v) is 3.89. The highest BCUT2D eigenvalue weighted by molar-refractivity contribution is 7.88. The van der Waals surface area contributed by atoms with Gasteiger partial charge in [0.25, 0.3) is 0 Å². The standard InChI is InChI=1S/C10H15N5O2S2/c1-19(16,17)13-5-2-4-12-8-7-3-6-18-9(7)15-10(11)14-8/h3,6,13H,2,4-5H2,1H3,(H3,11,12,14,15). The summed E-state index contributed by atoms with van der Waals surface area (Å²) in [7, 11) is -3.12. The Morgan fingerprint density at radius 1 is 1.37 bits per heavy atom. The molecule has 2 aromatic heterocycles. The van der Waals surface area contributed by atoms with Gasteiger partial charge in [0.05, 0.1) is 11.6 Å². The summed E-state index contributed by atoms with van der Waals surface area (Å²) in [5, 5.41) is 5.99. The van der Waals surface area contributed by atoms with Crippen LogP contribution < -0.4 is 15.8 Å². The first kappa shape index (κ1) is 14.0. The van der Waals surface area contributed by atoms with Crippen LogP contribution in [-0.2, 0) is 10.0 Å². The van der Waals surface area contributed by atoms with E-state index in [0.29, 0.717) is 25.3 Å². The van der Waals surface area contributed by atoms with Crippen molar-refractivity contribution in [2.24, 2.45) is 0 Å². The van der Waals surface area contributed by atoms with E-state index in [1.165, 1.54) is 11.3 Å². The summed E-state index contributed by atoms with van der Waals surface area (Å²) >= 11 is 1.50. The second-order valence-electron chi connectivity index (χ2n) is 4.02. The monoisotopic (exact) mass is 301 g/mol. The zero-order valence-electron chi connectivity index (χ0n) is 10.4. The molecular weight excluding hydrogens is 286 g/mol. The number of nitrogen functional groups attached to an aromatic ring is 1. The topological polar surface area (TPSA) is 110 Å². The molecule has 0 unspecified atom stereocenters. The molecule has 0 fully saturated rings. The first-order chi connectivity index (χ1) is 8.96. The molecule has 0 radical (unpaired) electrons. The van der Waals surface area contributed by atoms with Gasteiger partial charge in [-0.3, -0.25) is 0 Å². The van der Waals surface area contributed by atoms with E-state index in [1.807, 2.05) is 11.4 Å². The van der Waals surface area contributed by atoms with Gasteiger partial charge in [-0.2, -0.15) is 4.98 Å². The molecule has 0 amide bonds. The number of nitrogens with one attached hydrogen (secondary N) is 2.